The zero-order valence-corrected chi connectivity index (χ0v) is 77.8. The Morgan fingerprint density at radius 2 is 0.664 bits per heavy atom. The molecule has 5 heterocycles. The average molecular weight is 1930 g/mol. The molecule has 140 heavy (non-hydrogen) atoms. The maximum Gasteiger partial charge on any atom is 0.341 e. The summed E-state index contributed by atoms with van der Waals surface area (Å²) in [4.78, 5) is 200. The summed E-state index contributed by atoms with van der Waals surface area (Å²) < 4.78 is 55.7. The summed E-state index contributed by atoms with van der Waals surface area (Å²) in [5.74, 6) is -8.31. The molecule has 1 aliphatic heterocycles. The van der Waals surface area contributed by atoms with Crippen LogP contribution in [0.4, 0.5) is 46.5 Å². The van der Waals surface area contributed by atoms with Gasteiger partial charge in [0.05, 0.1) is 39.6 Å². The lowest BCUT2D eigenvalue weighted by molar-refractivity contribution is -0.118. The van der Waals surface area contributed by atoms with Gasteiger partial charge < -0.3 is 90.7 Å². The summed E-state index contributed by atoms with van der Waals surface area (Å²) in [5, 5.41) is 18.6. The summed E-state index contributed by atoms with van der Waals surface area (Å²) >= 11 is 11.2. The van der Waals surface area contributed by atoms with Crippen molar-refractivity contribution in [2.24, 2.45) is 0 Å². The van der Waals surface area contributed by atoms with Crippen molar-refractivity contribution in [3.05, 3.63) is 286 Å². The molecule has 10 N–H and O–H groups in total. The van der Waals surface area contributed by atoms with Crippen LogP contribution in [0.1, 0.15) is 145 Å². The lowest BCUT2D eigenvalue weighted by Gasteiger charge is -2.23. The van der Waals surface area contributed by atoms with Crippen LogP contribution in [0.5, 0.6) is 23.0 Å². The number of nitrogen functional groups attached to an aromatic ring is 2. The van der Waals surface area contributed by atoms with Crippen molar-refractivity contribution in [1.29, 1.82) is 0 Å². The van der Waals surface area contributed by atoms with Gasteiger partial charge in [-0.3, -0.25) is 38.4 Å². The molecule has 0 spiro atoms. The highest BCUT2D eigenvalue weighted by molar-refractivity contribution is 6.64. The van der Waals surface area contributed by atoms with E-state index in [1.54, 1.807) is 199 Å². The van der Waals surface area contributed by atoms with Crippen molar-refractivity contribution in [2.75, 3.05) is 98.2 Å². The van der Waals surface area contributed by atoms with Crippen LogP contribution in [-0.2, 0) is 47.6 Å². The number of ether oxygens (including phenoxy) is 10. The summed E-state index contributed by atoms with van der Waals surface area (Å²) in [5.41, 5.74) is 10.2. The van der Waals surface area contributed by atoms with Crippen molar-refractivity contribution >= 4 is 195 Å². The number of benzene rings is 10. The van der Waals surface area contributed by atoms with Gasteiger partial charge in [0.25, 0.3) is 45.9 Å². The van der Waals surface area contributed by atoms with Crippen LogP contribution in [0.3, 0.4) is 0 Å². The third-order valence-electron chi connectivity index (χ3n) is 20.2. The number of anilines is 8. The Labute approximate surface area is 806 Å². The fourth-order valence-corrected chi connectivity index (χ4v) is 14.6. The first-order valence-corrected chi connectivity index (χ1v) is 43.1. The largest absolute Gasteiger partial charge is 0.483 e. The van der Waals surface area contributed by atoms with Gasteiger partial charge in [-0.1, -0.05) is 121 Å². The lowest BCUT2D eigenvalue weighted by Crippen LogP contribution is -2.25. The van der Waals surface area contributed by atoms with Gasteiger partial charge in [-0.05, 0) is 217 Å². The first kappa shape index (κ1) is 99.7. The number of methoxy groups -OCH3 is 4. The molecule has 36 nitrogen and oxygen atoms in total. The molecule has 14 aromatic rings. The molecular formula is C102H86Cl2N12O24. The van der Waals surface area contributed by atoms with Gasteiger partial charge in [-0.2, -0.15) is 0 Å². The highest BCUT2D eigenvalue weighted by Crippen LogP contribution is 2.52. The van der Waals surface area contributed by atoms with Crippen molar-refractivity contribution < 1.29 is 114 Å². The predicted molar refractivity (Wildman–Crippen MR) is 521 cm³/mol. The van der Waals surface area contributed by atoms with Crippen LogP contribution < -0.4 is 62.3 Å². The van der Waals surface area contributed by atoms with E-state index < -0.39 is 119 Å². The highest BCUT2D eigenvalue weighted by atomic mass is 35.5. The van der Waals surface area contributed by atoms with E-state index >= 15 is 0 Å². The minimum absolute atomic E-state index is 0.00559. The van der Waals surface area contributed by atoms with Crippen LogP contribution in [0.2, 0.25) is 0 Å². The van der Waals surface area contributed by atoms with Crippen LogP contribution in [0, 0.1) is 0 Å². The number of nitrogens with two attached hydrogens (primary N) is 2. The summed E-state index contributed by atoms with van der Waals surface area (Å²) in [6, 6.07) is 60.6. The molecule has 0 aliphatic carbocycles. The Bertz CT molecular complexity index is 6990. The van der Waals surface area contributed by atoms with Gasteiger partial charge in [0, 0.05) is 44.5 Å². The second-order valence-corrected chi connectivity index (χ2v) is 33.3. The number of fused-ring (bicyclic) bond motifs is 15. The third-order valence-corrected chi connectivity index (χ3v) is 20.4. The molecule has 0 unspecified atom stereocenters. The topological polar surface area (TPSA) is 507 Å². The fraction of sp³-hybridized carbons (Fsp3) is 0.157. The second-order valence-electron chi connectivity index (χ2n) is 32.5. The number of halogens is 2. The number of aromatic nitrogens is 4. The highest BCUT2D eigenvalue weighted by Gasteiger charge is 2.34. The maximum absolute atomic E-state index is 13.8. The van der Waals surface area contributed by atoms with Gasteiger partial charge in [-0.25, -0.2) is 48.7 Å². The molecule has 0 radical (unpaired) electrons. The number of rotatable bonds is 17. The van der Waals surface area contributed by atoms with E-state index in [9.17, 15) is 67.1 Å². The second kappa shape index (κ2) is 43.7. The predicted octanol–water partition coefficient (Wildman–Crippen LogP) is 16.5. The SMILES string of the molecule is CC(C)(C)OC(=O)c1cc(C(=O)Nc2cccc(N)n2)cc(C(=O)Nc2cccc(N)n2)c1.COC(=O)c1cc2ccccc2c(-c2c(OCC(=O)Cl)c(C(=O)OC)cc3ccccc23)c1OCC(=O)Cl.COC(=O)c1cc2ccccc2c2c1OCC(=O)Nc1cccc(n1)NC(=O)c1cc(cc(C(=O)OC(C)(C)C)c1)C(=O)Nc1cccc(n1)NC(=O)COc1c(C(=O)OC)cc3ccccc3c1-2. The first-order valence-electron chi connectivity index (χ1n) is 42.3. The van der Waals surface area contributed by atoms with Gasteiger partial charge in [0.1, 0.15) is 103 Å². The number of carbonyl (C=O) groups is 14. The minimum atomic E-state index is -0.919. The molecule has 6 amide bonds. The van der Waals surface area contributed by atoms with Crippen molar-refractivity contribution in [3.63, 3.8) is 0 Å². The van der Waals surface area contributed by atoms with Crippen LogP contribution >= 0.6 is 23.2 Å². The lowest BCUT2D eigenvalue weighted by atomic mass is 9.88. The number of hydrogen-bond acceptors (Lipinski definition) is 30. The number of hydrogen-bond donors (Lipinski definition) is 8. The number of esters is 6. The quantitative estimate of drug-likeness (QED) is 0.0238. The zero-order chi connectivity index (χ0) is 101. The molecule has 0 fully saturated rings. The van der Waals surface area contributed by atoms with Crippen LogP contribution in [0.15, 0.2) is 231 Å². The number of amides is 6. The van der Waals surface area contributed by atoms with E-state index in [1.165, 1.54) is 101 Å². The van der Waals surface area contributed by atoms with E-state index in [1.807, 2.05) is 0 Å². The van der Waals surface area contributed by atoms with E-state index in [-0.39, 0.29) is 136 Å². The smallest absolute Gasteiger partial charge is 0.341 e. The minimum Gasteiger partial charge on any atom is -0.483 e. The van der Waals surface area contributed by atoms with E-state index in [0.717, 1.165) is 0 Å². The zero-order valence-electron chi connectivity index (χ0n) is 76.3. The molecule has 6 bridgehead atoms. The Balaban J connectivity index is 0.000000195. The Morgan fingerprint density at radius 3 is 1.00 bits per heavy atom. The molecule has 0 saturated carbocycles. The number of pyridine rings is 4. The van der Waals surface area contributed by atoms with Gasteiger partial charge >= 0.3 is 35.8 Å². The van der Waals surface area contributed by atoms with Crippen molar-refractivity contribution in [2.45, 2.75) is 52.7 Å². The standard InChI is InChI=1S/C51H42N6O12.C28H20Cl2O8.C23H24N6O4/c1-51(2,3)69-48(62)31-21-29-20-30(22-31)47(61)57-39-19-11-17-37(53-39)55-41(59)26-68-45-35(50(64)66-5)24-28-13-7-9-15-33(28)43(45)42-32-14-8-6-12-27(32)23-34(49(63)65-4)44(42)67-25-40(58)54-36-16-10-18-38(52-36)56-46(29)60;1-35-27(33)19-11-15-7-3-5-9-17(15)23(25(19)37-13-21(29)31)24-18-10-6-4-8-16(18)12-20(28(34)36-2)26(24)38-14-22(30)32;1-23(2,3)33-22(32)15-11-13(20(30)28-18-8-4-6-16(24)26-18)10-14(12-15)21(31)29-19-9-5-7-17(25)27-19/h6-24H,25-26H2,1-5H3,(H2,52,54,56,58,60)(H2,53,55,57,59,61);3-12H,13-14H2,1-2H3;4-12H,1-3H3,(H3,24,26,28,30)(H3,25,27,29,31). The molecular weight excluding hydrogens is 1850 g/mol. The molecule has 15 rings (SSSR count). The van der Waals surface area contributed by atoms with Gasteiger partial charge in [-0.15, -0.1) is 0 Å². The monoisotopic (exact) mass is 1930 g/mol. The molecule has 0 saturated heterocycles. The summed E-state index contributed by atoms with van der Waals surface area (Å²) in [6.07, 6.45) is 0. The van der Waals surface area contributed by atoms with Crippen molar-refractivity contribution in [3.8, 4) is 45.3 Å². The van der Waals surface area contributed by atoms with E-state index in [4.69, 9.17) is 82.0 Å². The number of nitrogens with zero attached hydrogens (tertiary/aromatic N) is 4. The third kappa shape index (κ3) is 24.5. The molecule has 10 aromatic carbocycles. The average Bonchev–Trinajstić information content (AvgIpc) is 0.734. The van der Waals surface area contributed by atoms with Crippen molar-refractivity contribution in [1.82, 2.24) is 19.9 Å². The maximum atomic E-state index is 13.8. The summed E-state index contributed by atoms with van der Waals surface area (Å²) in [7, 11) is 4.79. The van der Waals surface area contributed by atoms with Gasteiger partial charge in [0.15, 0.2) is 26.4 Å². The molecule has 712 valence electrons. The van der Waals surface area contributed by atoms with Crippen LogP contribution in [0.25, 0.3) is 65.3 Å². The van der Waals surface area contributed by atoms with Gasteiger partial charge in [0.2, 0.25) is 0 Å². The van der Waals surface area contributed by atoms with Crippen LogP contribution in [-0.4, -0.2) is 168 Å². The van der Waals surface area contributed by atoms with E-state index in [2.05, 4.69) is 51.8 Å². The summed E-state index contributed by atoms with van der Waals surface area (Å²) in [6.45, 7) is 7.57. The molecule has 1 aliphatic rings. The normalized spacial score (nSPS) is 12.0. The molecule has 0 atom stereocenters. The van der Waals surface area contributed by atoms with E-state index in [0.29, 0.717) is 54.2 Å². The fourth-order valence-electron chi connectivity index (χ4n) is 14.5. The Kier molecular flexibility index (Phi) is 31.1. The molecule has 4 aromatic heterocycles. The number of nitrogens with one attached hydrogen (secondary N) is 6. The molecule has 38 heteroatoms. The Morgan fingerprint density at radius 1 is 0.357 bits per heavy atom. The first-order chi connectivity index (χ1) is 66.8. The number of carbonyl (C=O) groups excluding carboxylic acids is 14. The Hall–Kier alpha value is -17.8.